The topological polar surface area (TPSA) is 117 Å². The molecule has 1 amide bonds. The van der Waals surface area contributed by atoms with Crippen LogP contribution in [0.15, 0.2) is 42.9 Å². The van der Waals surface area contributed by atoms with Crippen molar-refractivity contribution in [2.45, 2.75) is 12.7 Å². The summed E-state index contributed by atoms with van der Waals surface area (Å²) in [6.45, 7) is 0.0994. The van der Waals surface area contributed by atoms with Gasteiger partial charge in [0, 0.05) is 37.8 Å². The predicted octanol–water partition coefficient (Wildman–Crippen LogP) is 2.79. The Morgan fingerprint density at radius 3 is 2.67 bits per heavy atom. The van der Waals surface area contributed by atoms with E-state index in [1.807, 2.05) is 0 Å². The van der Waals surface area contributed by atoms with Crippen LogP contribution in [0.3, 0.4) is 0 Å². The third-order valence-electron chi connectivity index (χ3n) is 5.87. The van der Waals surface area contributed by atoms with Crippen molar-refractivity contribution in [3.8, 4) is 28.5 Å². The minimum atomic E-state index is -4.59. The van der Waals surface area contributed by atoms with Crippen molar-refractivity contribution in [3.63, 3.8) is 0 Å². The zero-order valence-corrected chi connectivity index (χ0v) is 19.3. The largest absolute Gasteiger partial charge is 0.476 e. The van der Waals surface area contributed by atoms with Crippen LogP contribution in [0.25, 0.3) is 22.6 Å². The molecule has 10 nitrogen and oxygen atoms in total. The van der Waals surface area contributed by atoms with Gasteiger partial charge in [0.1, 0.15) is 18.8 Å². The molecule has 0 fully saturated rings. The summed E-state index contributed by atoms with van der Waals surface area (Å²) in [6, 6.07) is 6.85. The molecule has 0 unspecified atom stereocenters. The molecule has 13 heteroatoms. The van der Waals surface area contributed by atoms with Gasteiger partial charge in [0.15, 0.2) is 5.82 Å². The van der Waals surface area contributed by atoms with E-state index in [2.05, 4.69) is 20.3 Å². The summed E-state index contributed by atoms with van der Waals surface area (Å²) in [6.07, 6.45) is -1.41. The molecule has 1 aliphatic heterocycles. The summed E-state index contributed by atoms with van der Waals surface area (Å²) in [4.78, 5) is 18.8. The summed E-state index contributed by atoms with van der Waals surface area (Å²) in [5.74, 6) is 0.279. The van der Waals surface area contributed by atoms with E-state index >= 15 is 0 Å². The quantitative estimate of drug-likeness (QED) is 0.435. The van der Waals surface area contributed by atoms with Crippen molar-refractivity contribution in [3.05, 3.63) is 59.5 Å². The summed E-state index contributed by atoms with van der Waals surface area (Å²) in [5, 5.41) is 12.4. The molecule has 4 heterocycles. The molecule has 0 radical (unpaired) electrons. The number of alkyl halides is 3. The lowest BCUT2D eigenvalue weighted by Gasteiger charge is -2.18. The molecule has 3 aromatic heterocycles. The van der Waals surface area contributed by atoms with Gasteiger partial charge in [-0.15, -0.1) is 10.2 Å². The molecule has 186 valence electrons. The summed E-state index contributed by atoms with van der Waals surface area (Å²) in [5.41, 5.74) is 6.50. The van der Waals surface area contributed by atoms with Crippen molar-refractivity contribution in [2.24, 2.45) is 19.8 Å². The Hall–Kier alpha value is -4.26. The minimum absolute atomic E-state index is 0.0123. The smallest absolute Gasteiger partial charge is 0.416 e. The number of carbonyl (C=O) groups excluding carboxylic acids is 1. The molecule has 0 atom stereocenters. The van der Waals surface area contributed by atoms with E-state index in [9.17, 15) is 18.0 Å². The van der Waals surface area contributed by atoms with Crippen LogP contribution < -0.4 is 15.4 Å². The number of aromatic nitrogens is 6. The third-order valence-corrected chi connectivity index (χ3v) is 5.87. The molecule has 0 saturated carbocycles. The maximum absolute atomic E-state index is 13.6. The van der Waals surface area contributed by atoms with Gasteiger partial charge in [-0.1, -0.05) is 6.07 Å². The van der Waals surface area contributed by atoms with Gasteiger partial charge in [-0.05, 0) is 23.8 Å². The Bertz CT molecular complexity index is 1460. The van der Waals surface area contributed by atoms with E-state index < -0.39 is 17.6 Å². The molecule has 36 heavy (non-hydrogen) atoms. The molecule has 5 rings (SSSR count). The van der Waals surface area contributed by atoms with E-state index in [1.54, 1.807) is 48.0 Å². The van der Waals surface area contributed by atoms with Crippen LogP contribution in [0.1, 0.15) is 21.5 Å². The summed E-state index contributed by atoms with van der Waals surface area (Å²) >= 11 is 0. The van der Waals surface area contributed by atoms with Crippen LogP contribution in [-0.4, -0.2) is 48.6 Å². The summed E-state index contributed by atoms with van der Waals surface area (Å²) < 4.78 is 49.8. The Morgan fingerprint density at radius 2 is 1.97 bits per heavy atom. The highest BCUT2D eigenvalue weighted by molar-refractivity contribution is 6.10. The number of hydrogen-bond donors (Lipinski definition) is 1. The SMILES string of the molecule is Cn1cnnc1-c1cnn(C)c1-c1cc(OCCN)nc(N2Cc3c(cccc3C(F)(F)F)C2=O)c1. The number of ether oxygens (including phenoxy) is 1. The first-order valence-electron chi connectivity index (χ1n) is 10.9. The molecule has 1 aliphatic rings. The third kappa shape index (κ3) is 3.96. The molecular weight excluding hydrogens is 477 g/mol. The number of fused-ring (bicyclic) bond motifs is 1. The number of pyridine rings is 1. The second kappa shape index (κ2) is 8.75. The van der Waals surface area contributed by atoms with Crippen LogP contribution in [-0.2, 0) is 26.8 Å². The fourth-order valence-electron chi connectivity index (χ4n) is 4.26. The van der Waals surface area contributed by atoms with E-state index in [0.717, 1.165) is 6.07 Å². The molecule has 4 aromatic rings. The van der Waals surface area contributed by atoms with Crippen molar-refractivity contribution >= 4 is 11.7 Å². The monoisotopic (exact) mass is 498 g/mol. The standard InChI is InChI=1S/C23H21F3N8O2/c1-32-12-28-31-21(32)15-10-29-33(2)20(15)13-8-18(30-19(9-13)36-7-6-27)34-11-16-14(22(34)35)4-3-5-17(16)23(24,25)26/h3-5,8-10,12H,6-7,11,27H2,1-2H3. The molecule has 0 saturated heterocycles. The average molecular weight is 498 g/mol. The highest BCUT2D eigenvalue weighted by atomic mass is 19.4. The number of amides is 1. The Balaban J connectivity index is 1.63. The fraction of sp³-hybridized carbons (Fsp3) is 0.261. The van der Waals surface area contributed by atoms with Gasteiger partial charge in [-0.3, -0.25) is 14.4 Å². The number of rotatable bonds is 6. The number of hydrogen-bond acceptors (Lipinski definition) is 7. The van der Waals surface area contributed by atoms with Gasteiger partial charge in [0.2, 0.25) is 5.88 Å². The molecule has 1 aromatic carbocycles. The van der Waals surface area contributed by atoms with E-state index in [-0.39, 0.29) is 42.5 Å². The maximum Gasteiger partial charge on any atom is 0.416 e. The summed E-state index contributed by atoms with van der Waals surface area (Å²) in [7, 11) is 3.53. The van der Waals surface area contributed by atoms with Crippen molar-refractivity contribution < 1.29 is 22.7 Å². The van der Waals surface area contributed by atoms with Gasteiger partial charge in [0.25, 0.3) is 5.91 Å². The van der Waals surface area contributed by atoms with Crippen LogP contribution in [0.2, 0.25) is 0 Å². The van der Waals surface area contributed by atoms with Crippen molar-refractivity contribution in [1.29, 1.82) is 0 Å². The zero-order chi connectivity index (χ0) is 25.6. The van der Waals surface area contributed by atoms with Crippen molar-refractivity contribution in [2.75, 3.05) is 18.1 Å². The highest BCUT2D eigenvalue weighted by Crippen LogP contribution is 2.40. The average Bonchev–Trinajstić information content (AvgIpc) is 3.53. The molecule has 0 spiro atoms. The zero-order valence-electron chi connectivity index (χ0n) is 19.3. The molecular formula is C23H21F3N8O2. The number of halogens is 3. The number of carbonyl (C=O) groups is 1. The van der Waals surface area contributed by atoms with Gasteiger partial charge in [-0.25, -0.2) is 0 Å². The van der Waals surface area contributed by atoms with Gasteiger partial charge >= 0.3 is 6.18 Å². The Labute approximate surface area is 203 Å². The van der Waals surface area contributed by atoms with Crippen molar-refractivity contribution in [1.82, 2.24) is 29.5 Å². The lowest BCUT2D eigenvalue weighted by molar-refractivity contribution is -0.138. The number of nitrogens with zero attached hydrogens (tertiary/aromatic N) is 7. The number of anilines is 1. The lowest BCUT2D eigenvalue weighted by Crippen LogP contribution is -2.24. The highest BCUT2D eigenvalue weighted by Gasteiger charge is 2.40. The van der Waals surface area contributed by atoms with Crippen LogP contribution >= 0.6 is 0 Å². The Kier molecular flexibility index (Phi) is 5.71. The first-order valence-corrected chi connectivity index (χ1v) is 10.9. The van der Waals surface area contributed by atoms with Crippen LogP contribution in [0.5, 0.6) is 5.88 Å². The van der Waals surface area contributed by atoms with E-state index in [1.165, 1.54) is 17.0 Å². The Morgan fingerprint density at radius 1 is 1.17 bits per heavy atom. The first-order chi connectivity index (χ1) is 17.2. The second-order valence-electron chi connectivity index (χ2n) is 8.21. The van der Waals surface area contributed by atoms with Crippen LogP contribution in [0, 0.1) is 0 Å². The molecule has 0 bridgehead atoms. The fourth-order valence-corrected chi connectivity index (χ4v) is 4.26. The number of benzene rings is 1. The van der Waals surface area contributed by atoms with Gasteiger partial charge in [0.05, 0.1) is 29.6 Å². The molecule has 2 N–H and O–H groups in total. The minimum Gasteiger partial charge on any atom is -0.476 e. The van der Waals surface area contributed by atoms with Gasteiger partial charge < -0.3 is 15.0 Å². The number of aryl methyl sites for hydroxylation is 2. The predicted molar refractivity (Wildman–Crippen MR) is 123 cm³/mol. The number of nitrogens with two attached hydrogens (primary N) is 1. The maximum atomic E-state index is 13.6. The molecule has 0 aliphatic carbocycles. The van der Waals surface area contributed by atoms with Gasteiger partial charge in [-0.2, -0.15) is 23.3 Å². The van der Waals surface area contributed by atoms with Crippen LogP contribution in [0.4, 0.5) is 19.0 Å². The lowest BCUT2D eigenvalue weighted by atomic mass is 10.0. The first kappa shape index (κ1) is 23.5. The van der Waals surface area contributed by atoms with E-state index in [4.69, 9.17) is 10.5 Å². The second-order valence-corrected chi connectivity index (χ2v) is 8.21. The van der Waals surface area contributed by atoms with E-state index in [0.29, 0.717) is 22.6 Å². The normalized spacial score (nSPS) is 13.4.